The quantitative estimate of drug-likeness (QED) is 0.752. The van der Waals surface area contributed by atoms with Gasteiger partial charge in [-0.15, -0.1) is 11.3 Å². The van der Waals surface area contributed by atoms with Gasteiger partial charge in [0, 0.05) is 5.56 Å². The molecule has 24 heavy (non-hydrogen) atoms. The van der Waals surface area contributed by atoms with Crippen LogP contribution < -0.4 is 9.47 Å². The lowest BCUT2D eigenvalue weighted by Gasteiger charge is -2.13. The number of hydrogen-bond acceptors (Lipinski definition) is 5. The standard InChI is InChI=1S/C16H11F2NO4S/c1-22-11-6-7-12-13(8-11)24-14(19-12)9-2-4-10(5-3-9)23-16(17,18)15(20)21/h2-8H,1H3,(H,20,21). The monoisotopic (exact) mass is 351 g/mol. The molecule has 0 saturated heterocycles. The highest BCUT2D eigenvalue weighted by molar-refractivity contribution is 7.21. The van der Waals surface area contributed by atoms with Crippen LogP contribution >= 0.6 is 11.3 Å². The highest BCUT2D eigenvalue weighted by Gasteiger charge is 2.42. The molecule has 0 saturated carbocycles. The van der Waals surface area contributed by atoms with Crippen molar-refractivity contribution in [3.05, 3.63) is 42.5 Å². The summed E-state index contributed by atoms with van der Waals surface area (Å²) >= 11 is 1.43. The molecule has 3 rings (SSSR count). The third kappa shape index (κ3) is 3.13. The molecule has 8 heteroatoms. The number of hydrogen-bond donors (Lipinski definition) is 1. The molecule has 0 aliphatic carbocycles. The zero-order chi connectivity index (χ0) is 17.3. The largest absolute Gasteiger partial charge is 0.501 e. The predicted molar refractivity (Wildman–Crippen MR) is 84.8 cm³/mol. The SMILES string of the molecule is COc1ccc2nc(-c3ccc(OC(F)(F)C(=O)O)cc3)sc2c1. The van der Waals surface area contributed by atoms with Crippen molar-refractivity contribution in [2.45, 2.75) is 6.11 Å². The Labute approximate surface area is 139 Å². The van der Waals surface area contributed by atoms with E-state index in [4.69, 9.17) is 9.84 Å². The number of carbonyl (C=O) groups is 1. The third-order valence-electron chi connectivity index (χ3n) is 3.19. The Bertz CT molecular complexity index is 893. The van der Waals surface area contributed by atoms with Crippen molar-refractivity contribution in [1.82, 2.24) is 4.98 Å². The highest BCUT2D eigenvalue weighted by Crippen LogP contribution is 2.33. The van der Waals surface area contributed by atoms with Crippen LogP contribution in [0.15, 0.2) is 42.5 Å². The number of aromatic nitrogens is 1. The van der Waals surface area contributed by atoms with Crippen LogP contribution in [-0.2, 0) is 4.79 Å². The first-order chi connectivity index (χ1) is 11.4. The average Bonchev–Trinajstić information content (AvgIpc) is 2.98. The number of benzene rings is 2. The van der Waals surface area contributed by atoms with Gasteiger partial charge in [-0.1, -0.05) is 0 Å². The number of alkyl halides is 2. The van der Waals surface area contributed by atoms with Gasteiger partial charge in [-0.2, -0.15) is 8.78 Å². The molecule has 0 bridgehead atoms. The second-order valence-electron chi connectivity index (χ2n) is 4.80. The number of ether oxygens (including phenoxy) is 2. The van der Waals surface area contributed by atoms with Crippen molar-refractivity contribution in [2.75, 3.05) is 7.11 Å². The van der Waals surface area contributed by atoms with Gasteiger partial charge in [-0.25, -0.2) is 9.78 Å². The number of fused-ring (bicyclic) bond motifs is 1. The number of rotatable bonds is 5. The molecule has 1 N–H and O–H groups in total. The Morgan fingerprint density at radius 1 is 1.17 bits per heavy atom. The normalized spacial score (nSPS) is 11.5. The van der Waals surface area contributed by atoms with E-state index < -0.39 is 12.1 Å². The maximum absolute atomic E-state index is 13.0. The minimum atomic E-state index is -4.27. The van der Waals surface area contributed by atoms with Crippen molar-refractivity contribution in [1.29, 1.82) is 0 Å². The van der Waals surface area contributed by atoms with E-state index in [9.17, 15) is 13.6 Å². The van der Waals surface area contributed by atoms with Gasteiger partial charge in [0.25, 0.3) is 0 Å². The van der Waals surface area contributed by atoms with Crippen molar-refractivity contribution < 1.29 is 28.2 Å². The minimum absolute atomic E-state index is 0.242. The first-order valence-corrected chi connectivity index (χ1v) is 7.56. The van der Waals surface area contributed by atoms with Crippen molar-refractivity contribution in [3.8, 4) is 22.1 Å². The first-order valence-electron chi connectivity index (χ1n) is 6.74. The Balaban J connectivity index is 1.87. The van der Waals surface area contributed by atoms with E-state index in [2.05, 4.69) is 9.72 Å². The summed E-state index contributed by atoms with van der Waals surface area (Å²) in [5, 5.41) is 9.07. The fourth-order valence-corrected chi connectivity index (χ4v) is 3.01. The molecule has 1 aromatic heterocycles. The number of carboxylic acid groups (broad SMARTS) is 1. The lowest BCUT2D eigenvalue weighted by atomic mass is 10.2. The summed E-state index contributed by atoms with van der Waals surface area (Å²) in [5.41, 5.74) is 1.51. The van der Waals surface area contributed by atoms with Crippen LogP contribution in [0, 0.1) is 0 Å². The van der Waals surface area contributed by atoms with Crippen molar-refractivity contribution in [2.24, 2.45) is 0 Å². The second-order valence-corrected chi connectivity index (χ2v) is 5.83. The van der Waals surface area contributed by atoms with Crippen LogP contribution in [0.25, 0.3) is 20.8 Å². The number of thiazole rings is 1. The molecule has 0 amide bonds. The van der Waals surface area contributed by atoms with Crippen LogP contribution in [0.1, 0.15) is 0 Å². The van der Waals surface area contributed by atoms with E-state index in [0.29, 0.717) is 10.6 Å². The Kier molecular flexibility index (Phi) is 4.06. The Hall–Kier alpha value is -2.74. The summed E-state index contributed by atoms with van der Waals surface area (Å²) in [6.45, 7) is 0. The number of halogens is 2. The van der Waals surface area contributed by atoms with Crippen LogP contribution in [0.4, 0.5) is 8.78 Å². The average molecular weight is 351 g/mol. The zero-order valence-electron chi connectivity index (χ0n) is 12.3. The number of methoxy groups -OCH3 is 1. The van der Waals surface area contributed by atoms with Gasteiger partial charge in [0.05, 0.1) is 17.3 Å². The van der Waals surface area contributed by atoms with Crippen LogP contribution in [-0.4, -0.2) is 29.3 Å². The fraction of sp³-hybridized carbons (Fsp3) is 0.125. The summed E-state index contributed by atoms with van der Waals surface area (Å²) in [7, 11) is 1.58. The zero-order valence-corrected chi connectivity index (χ0v) is 13.1. The van der Waals surface area contributed by atoms with Gasteiger partial charge in [0.1, 0.15) is 16.5 Å². The van der Waals surface area contributed by atoms with Crippen LogP contribution in [0.3, 0.4) is 0 Å². The molecule has 0 unspecified atom stereocenters. The van der Waals surface area contributed by atoms with Crippen LogP contribution in [0.2, 0.25) is 0 Å². The number of nitrogens with zero attached hydrogens (tertiary/aromatic N) is 1. The topological polar surface area (TPSA) is 68.7 Å². The second kappa shape index (κ2) is 6.04. The molecule has 2 aromatic carbocycles. The van der Waals surface area contributed by atoms with E-state index in [1.807, 2.05) is 12.1 Å². The van der Waals surface area contributed by atoms with Gasteiger partial charge in [0.2, 0.25) is 0 Å². The lowest BCUT2D eigenvalue weighted by molar-refractivity contribution is -0.210. The summed E-state index contributed by atoms with van der Waals surface area (Å²) in [6.07, 6.45) is -4.27. The molecule has 0 spiro atoms. The van der Waals surface area contributed by atoms with Gasteiger partial charge in [-0.05, 0) is 42.5 Å². The summed E-state index contributed by atoms with van der Waals surface area (Å²) in [6, 6.07) is 11.1. The van der Waals surface area contributed by atoms with Crippen molar-refractivity contribution >= 4 is 27.5 Å². The maximum Gasteiger partial charge on any atom is 0.501 e. The molecule has 0 atom stereocenters. The van der Waals surface area contributed by atoms with Gasteiger partial charge in [0.15, 0.2) is 0 Å². The van der Waals surface area contributed by atoms with E-state index in [1.54, 1.807) is 25.3 Å². The highest BCUT2D eigenvalue weighted by atomic mass is 32.1. The molecule has 0 aliphatic rings. The van der Waals surface area contributed by atoms with Crippen LogP contribution in [0.5, 0.6) is 11.5 Å². The van der Waals surface area contributed by atoms with Gasteiger partial charge >= 0.3 is 12.1 Å². The molecule has 124 valence electrons. The van der Waals surface area contributed by atoms with E-state index >= 15 is 0 Å². The lowest BCUT2D eigenvalue weighted by Crippen LogP contribution is -2.34. The number of aliphatic carboxylic acids is 1. The molecular weight excluding hydrogens is 340 g/mol. The molecule has 3 aromatic rings. The fourth-order valence-electron chi connectivity index (χ4n) is 2.01. The molecule has 0 aliphatic heterocycles. The van der Waals surface area contributed by atoms with Gasteiger partial charge in [-0.3, -0.25) is 0 Å². The molecule has 0 radical (unpaired) electrons. The predicted octanol–water partition coefficient (Wildman–Crippen LogP) is 4.03. The smallest absolute Gasteiger partial charge is 0.497 e. The van der Waals surface area contributed by atoms with E-state index in [0.717, 1.165) is 16.0 Å². The van der Waals surface area contributed by atoms with E-state index in [-0.39, 0.29) is 5.75 Å². The molecule has 0 fully saturated rings. The van der Waals surface area contributed by atoms with E-state index in [1.165, 1.54) is 23.5 Å². The maximum atomic E-state index is 13.0. The van der Waals surface area contributed by atoms with Gasteiger partial charge < -0.3 is 14.6 Å². The first kappa shape index (κ1) is 16.1. The Morgan fingerprint density at radius 2 is 1.83 bits per heavy atom. The number of carboxylic acids is 1. The Morgan fingerprint density at radius 3 is 2.46 bits per heavy atom. The molecule has 5 nitrogen and oxygen atoms in total. The summed E-state index contributed by atoms with van der Waals surface area (Å²) in [5.74, 6) is -1.86. The molecular formula is C16H11F2NO4S. The minimum Gasteiger partial charge on any atom is -0.497 e. The summed E-state index contributed by atoms with van der Waals surface area (Å²) in [4.78, 5) is 14.8. The molecule has 1 heterocycles. The summed E-state index contributed by atoms with van der Waals surface area (Å²) < 4.78 is 36.3. The third-order valence-corrected chi connectivity index (χ3v) is 4.26. The van der Waals surface area contributed by atoms with Crippen molar-refractivity contribution in [3.63, 3.8) is 0 Å².